The SMILES string of the molecule is Cc1ccnc(SCc2ccc(CC(=O)O)cc2)n1. The Morgan fingerprint density at radius 2 is 1.89 bits per heavy atom. The highest BCUT2D eigenvalue weighted by molar-refractivity contribution is 7.98. The van der Waals surface area contributed by atoms with E-state index in [4.69, 9.17) is 5.11 Å². The second-order valence-electron chi connectivity index (χ2n) is 4.16. The van der Waals surface area contributed by atoms with Gasteiger partial charge in [0.05, 0.1) is 6.42 Å². The standard InChI is InChI=1S/C14H14N2O2S/c1-10-6-7-15-14(16-10)19-9-12-4-2-11(3-5-12)8-13(17)18/h2-7H,8-9H2,1H3,(H,17,18). The van der Waals surface area contributed by atoms with E-state index in [1.54, 1.807) is 18.0 Å². The number of carboxylic acids is 1. The summed E-state index contributed by atoms with van der Waals surface area (Å²) < 4.78 is 0. The number of hydrogen-bond donors (Lipinski definition) is 1. The smallest absolute Gasteiger partial charge is 0.307 e. The second-order valence-corrected chi connectivity index (χ2v) is 5.10. The van der Waals surface area contributed by atoms with Crippen LogP contribution in [0.3, 0.4) is 0 Å². The van der Waals surface area contributed by atoms with E-state index >= 15 is 0 Å². The van der Waals surface area contributed by atoms with Crippen molar-refractivity contribution in [2.45, 2.75) is 24.3 Å². The molecule has 19 heavy (non-hydrogen) atoms. The maximum absolute atomic E-state index is 10.6. The number of carboxylic acid groups (broad SMARTS) is 1. The number of thioether (sulfide) groups is 1. The molecule has 4 nitrogen and oxygen atoms in total. The summed E-state index contributed by atoms with van der Waals surface area (Å²) in [6.07, 6.45) is 1.81. The van der Waals surface area contributed by atoms with Gasteiger partial charge in [0.25, 0.3) is 0 Å². The van der Waals surface area contributed by atoms with E-state index in [1.807, 2.05) is 37.3 Å². The summed E-state index contributed by atoms with van der Waals surface area (Å²) in [5.41, 5.74) is 2.90. The number of aliphatic carboxylic acids is 1. The summed E-state index contributed by atoms with van der Waals surface area (Å²) in [6, 6.07) is 9.45. The molecule has 0 amide bonds. The van der Waals surface area contributed by atoms with E-state index in [0.29, 0.717) is 0 Å². The van der Waals surface area contributed by atoms with Crippen LogP contribution < -0.4 is 0 Å². The van der Waals surface area contributed by atoms with Crippen molar-refractivity contribution < 1.29 is 9.90 Å². The van der Waals surface area contributed by atoms with Crippen molar-refractivity contribution in [3.8, 4) is 0 Å². The van der Waals surface area contributed by atoms with Gasteiger partial charge in [-0.25, -0.2) is 9.97 Å². The average molecular weight is 274 g/mol. The van der Waals surface area contributed by atoms with Gasteiger partial charge in [0.15, 0.2) is 5.16 Å². The van der Waals surface area contributed by atoms with Gasteiger partial charge >= 0.3 is 5.97 Å². The highest BCUT2D eigenvalue weighted by Crippen LogP contribution is 2.19. The zero-order valence-electron chi connectivity index (χ0n) is 10.5. The number of aromatic nitrogens is 2. The van der Waals surface area contributed by atoms with Crippen LogP contribution in [-0.4, -0.2) is 21.0 Å². The summed E-state index contributed by atoms with van der Waals surface area (Å²) in [6.45, 7) is 1.94. The molecule has 0 radical (unpaired) electrons. The molecule has 1 aromatic heterocycles. The van der Waals surface area contributed by atoms with E-state index in [0.717, 1.165) is 27.7 Å². The highest BCUT2D eigenvalue weighted by Gasteiger charge is 2.02. The number of rotatable bonds is 5. The largest absolute Gasteiger partial charge is 0.481 e. The minimum Gasteiger partial charge on any atom is -0.481 e. The molecule has 0 bridgehead atoms. The van der Waals surface area contributed by atoms with Crippen molar-refractivity contribution in [3.05, 3.63) is 53.3 Å². The average Bonchev–Trinajstić information content (AvgIpc) is 2.37. The Hall–Kier alpha value is -1.88. The predicted octanol–water partition coefficient (Wildman–Crippen LogP) is 2.70. The molecule has 0 atom stereocenters. The van der Waals surface area contributed by atoms with Crippen molar-refractivity contribution in [2.75, 3.05) is 0 Å². The third-order valence-electron chi connectivity index (χ3n) is 2.52. The molecule has 2 aromatic rings. The number of nitrogens with zero attached hydrogens (tertiary/aromatic N) is 2. The molecule has 0 spiro atoms. The van der Waals surface area contributed by atoms with Gasteiger partial charge in [-0.2, -0.15) is 0 Å². The van der Waals surface area contributed by atoms with Gasteiger partial charge in [-0.15, -0.1) is 0 Å². The lowest BCUT2D eigenvalue weighted by molar-refractivity contribution is -0.136. The first kappa shape index (κ1) is 13.5. The van der Waals surface area contributed by atoms with Crippen LogP contribution in [0.4, 0.5) is 0 Å². The normalized spacial score (nSPS) is 10.4. The minimum atomic E-state index is -0.810. The van der Waals surface area contributed by atoms with Crippen molar-refractivity contribution in [1.82, 2.24) is 9.97 Å². The zero-order chi connectivity index (χ0) is 13.7. The lowest BCUT2D eigenvalue weighted by atomic mass is 10.1. The fourth-order valence-corrected chi connectivity index (χ4v) is 2.40. The van der Waals surface area contributed by atoms with Crippen LogP contribution in [0.5, 0.6) is 0 Å². The van der Waals surface area contributed by atoms with Gasteiger partial charge in [0, 0.05) is 17.6 Å². The van der Waals surface area contributed by atoms with Gasteiger partial charge in [0.1, 0.15) is 0 Å². The summed E-state index contributed by atoms with van der Waals surface area (Å²) in [5, 5.41) is 9.45. The van der Waals surface area contributed by atoms with Crippen molar-refractivity contribution >= 4 is 17.7 Å². The van der Waals surface area contributed by atoms with E-state index in [9.17, 15) is 4.79 Å². The Morgan fingerprint density at radius 3 is 2.53 bits per heavy atom. The molecule has 5 heteroatoms. The van der Waals surface area contributed by atoms with Crippen LogP contribution in [0.15, 0.2) is 41.7 Å². The number of benzene rings is 1. The fraction of sp³-hybridized carbons (Fsp3) is 0.214. The number of carbonyl (C=O) groups is 1. The van der Waals surface area contributed by atoms with Gasteiger partial charge in [-0.3, -0.25) is 4.79 Å². The van der Waals surface area contributed by atoms with Gasteiger partial charge in [0.2, 0.25) is 0 Å². The molecule has 2 rings (SSSR count). The van der Waals surface area contributed by atoms with E-state index in [2.05, 4.69) is 9.97 Å². The van der Waals surface area contributed by atoms with Crippen molar-refractivity contribution in [1.29, 1.82) is 0 Å². The molecule has 0 aliphatic heterocycles. The minimum absolute atomic E-state index is 0.0639. The predicted molar refractivity (Wildman–Crippen MR) is 74.1 cm³/mol. The molecule has 1 aromatic carbocycles. The maximum Gasteiger partial charge on any atom is 0.307 e. The number of hydrogen-bond acceptors (Lipinski definition) is 4. The van der Waals surface area contributed by atoms with Crippen LogP contribution in [0.25, 0.3) is 0 Å². The topological polar surface area (TPSA) is 63.1 Å². The summed E-state index contributed by atoms with van der Waals surface area (Å²) in [4.78, 5) is 19.1. The van der Waals surface area contributed by atoms with Gasteiger partial charge in [-0.05, 0) is 24.1 Å². The maximum atomic E-state index is 10.6. The second kappa shape index (κ2) is 6.33. The third kappa shape index (κ3) is 4.37. The lowest BCUT2D eigenvalue weighted by Gasteiger charge is -2.03. The van der Waals surface area contributed by atoms with Crippen molar-refractivity contribution in [3.63, 3.8) is 0 Å². The van der Waals surface area contributed by atoms with E-state index in [1.165, 1.54) is 0 Å². The molecule has 0 fully saturated rings. The molecular weight excluding hydrogens is 260 g/mol. The summed E-state index contributed by atoms with van der Waals surface area (Å²) >= 11 is 1.57. The van der Waals surface area contributed by atoms with Crippen LogP contribution >= 0.6 is 11.8 Å². The Bertz CT molecular complexity index is 570. The zero-order valence-corrected chi connectivity index (χ0v) is 11.4. The molecule has 0 saturated carbocycles. The Balaban J connectivity index is 1.94. The van der Waals surface area contributed by atoms with Gasteiger partial charge < -0.3 is 5.11 Å². The molecular formula is C14H14N2O2S. The Labute approximate surface area is 115 Å². The highest BCUT2D eigenvalue weighted by atomic mass is 32.2. The molecule has 0 saturated heterocycles. The monoisotopic (exact) mass is 274 g/mol. The molecule has 1 N–H and O–H groups in total. The lowest BCUT2D eigenvalue weighted by Crippen LogP contribution is -1.99. The van der Waals surface area contributed by atoms with Crippen LogP contribution in [0, 0.1) is 6.92 Å². The van der Waals surface area contributed by atoms with Crippen molar-refractivity contribution in [2.24, 2.45) is 0 Å². The summed E-state index contributed by atoms with van der Waals surface area (Å²) in [5.74, 6) is -0.0353. The Morgan fingerprint density at radius 1 is 1.21 bits per heavy atom. The quantitative estimate of drug-likeness (QED) is 0.671. The van der Waals surface area contributed by atoms with E-state index in [-0.39, 0.29) is 6.42 Å². The Kier molecular flexibility index (Phi) is 4.52. The van der Waals surface area contributed by atoms with Crippen LogP contribution in [0.1, 0.15) is 16.8 Å². The molecule has 1 heterocycles. The fourth-order valence-electron chi connectivity index (χ4n) is 1.57. The van der Waals surface area contributed by atoms with E-state index < -0.39 is 5.97 Å². The number of aryl methyl sites for hydroxylation is 1. The molecule has 0 aliphatic rings. The molecule has 0 aliphatic carbocycles. The first-order valence-corrected chi connectivity index (χ1v) is 6.84. The first-order valence-electron chi connectivity index (χ1n) is 5.85. The van der Waals surface area contributed by atoms with Crippen LogP contribution in [-0.2, 0) is 17.0 Å². The third-order valence-corrected chi connectivity index (χ3v) is 3.45. The van der Waals surface area contributed by atoms with Crippen LogP contribution in [0.2, 0.25) is 0 Å². The molecule has 0 unspecified atom stereocenters. The van der Waals surface area contributed by atoms with Gasteiger partial charge in [-0.1, -0.05) is 36.0 Å². The first-order chi connectivity index (χ1) is 9.13. The summed E-state index contributed by atoms with van der Waals surface area (Å²) in [7, 11) is 0. The molecule has 98 valence electrons.